The average molecular weight is 139 g/mol. The quantitative estimate of drug-likeness (QED) is 0.556. The third-order valence-electron chi connectivity index (χ3n) is 1.13. The van der Waals surface area contributed by atoms with Crippen molar-refractivity contribution in [1.29, 1.82) is 5.26 Å². The Morgan fingerprint density at radius 1 is 1.70 bits per heavy atom. The van der Waals surface area contributed by atoms with Crippen LogP contribution in [-0.4, -0.2) is 12.7 Å². The van der Waals surface area contributed by atoms with Crippen molar-refractivity contribution in [3.8, 4) is 6.07 Å². The van der Waals surface area contributed by atoms with Gasteiger partial charge in [-0.25, -0.2) is 0 Å². The van der Waals surface area contributed by atoms with E-state index >= 15 is 0 Å². The molecule has 0 aliphatic rings. The fourth-order valence-electron chi connectivity index (χ4n) is 0.550. The molecule has 0 spiro atoms. The van der Waals surface area contributed by atoms with Crippen LogP contribution in [0.3, 0.4) is 0 Å². The van der Waals surface area contributed by atoms with Crippen LogP contribution in [0.1, 0.15) is 13.8 Å². The van der Waals surface area contributed by atoms with Crippen LogP contribution in [0.25, 0.3) is 0 Å². The van der Waals surface area contributed by atoms with E-state index in [4.69, 9.17) is 10.00 Å². The molecule has 0 fully saturated rings. The van der Waals surface area contributed by atoms with Gasteiger partial charge in [0.15, 0.2) is 0 Å². The molecule has 0 bridgehead atoms. The summed E-state index contributed by atoms with van der Waals surface area (Å²) in [4.78, 5) is 0. The van der Waals surface area contributed by atoms with Gasteiger partial charge in [-0.3, -0.25) is 0 Å². The zero-order chi connectivity index (χ0) is 7.98. The molecule has 0 amide bonds. The summed E-state index contributed by atoms with van der Waals surface area (Å²) in [6, 6.07) is 2.07. The average Bonchev–Trinajstić information content (AvgIpc) is 1.89. The molecule has 0 aliphatic heterocycles. The first-order chi connectivity index (χ1) is 4.72. The third kappa shape index (κ3) is 3.26. The largest absolute Gasteiger partial charge is 0.359 e. The summed E-state index contributed by atoms with van der Waals surface area (Å²) in [7, 11) is 0. The highest BCUT2D eigenvalue weighted by atomic mass is 16.5. The van der Waals surface area contributed by atoms with Gasteiger partial charge in [0.05, 0.1) is 12.7 Å². The van der Waals surface area contributed by atoms with Crippen molar-refractivity contribution in [2.75, 3.05) is 6.61 Å². The van der Waals surface area contributed by atoms with E-state index in [2.05, 4.69) is 12.6 Å². The van der Waals surface area contributed by atoms with Crippen LogP contribution in [-0.2, 0) is 4.74 Å². The molecule has 0 aromatic carbocycles. The van der Waals surface area contributed by atoms with E-state index in [9.17, 15) is 0 Å². The second kappa shape index (κ2) is 5.01. The van der Waals surface area contributed by atoms with Gasteiger partial charge in [0.1, 0.15) is 6.10 Å². The Morgan fingerprint density at radius 2 is 2.30 bits per heavy atom. The molecule has 0 saturated carbocycles. The van der Waals surface area contributed by atoms with E-state index in [0.717, 1.165) is 0 Å². The molecule has 56 valence electrons. The second-order valence-corrected chi connectivity index (χ2v) is 2.42. The molecule has 0 rings (SSSR count). The monoisotopic (exact) mass is 139 g/mol. The third-order valence-corrected chi connectivity index (χ3v) is 1.13. The Labute approximate surface area is 62.1 Å². The minimum atomic E-state index is -0.294. The van der Waals surface area contributed by atoms with E-state index < -0.39 is 0 Å². The zero-order valence-corrected chi connectivity index (χ0v) is 6.50. The van der Waals surface area contributed by atoms with Crippen molar-refractivity contribution < 1.29 is 4.74 Å². The Hall–Kier alpha value is -0.810. The van der Waals surface area contributed by atoms with Crippen molar-refractivity contribution in [1.82, 2.24) is 0 Å². The highest BCUT2D eigenvalue weighted by Crippen LogP contribution is 2.04. The van der Waals surface area contributed by atoms with Gasteiger partial charge in [0, 0.05) is 0 Å². The van der Waals surface area contributed by atoms with E-state index in [1.165, 1.54) is 0 Å². The van der Waals surface area contributed by atoms with Gasteiger partial charge >= 0.3 is 0 Å². The second-order valence-electron chi connectivity index (χ2n) is 2.42. The molecular weight excluding hydrogens is 126 g/mol. The molecule has 0 aromatic rings. The molecule has 0 radical (unpaired) electrons. The minimum absolute atomic E-state index is 0.255. The first-order valence-electron chi connectivity index (χ1n) is 3.34. The van der Waals surface area contributed by atoms with Crippen molar-refractivity contribution in [3.05, 3.63) is 12.7 Å². The van der Waals surface area contributed by atoms with Gasteiger partial charge in [-0.05, 0) is 5.92 Å². The van der Waals surface area contributed by atoms with Gasteiger partial charge in [-0.1, -0.05) is 19.9 Å². The Balaban J connectivity index is 3.63. The standard InChI is InChI=1S/C8H13NO/c1-4-5-10-8(6-9)7(2)3/h4,7-8H,1,5H2,2-3H3. The summed E-state index contributed by atoms with van der Waals surface area (Å²) >= 11 is 0. The van der Waals surface area contributed by atoms with Crippen molar-refractivity contribution in [3.63, 3.8) is 0 Å². The first-order valence-corrected chi connectivity index (χ1v) is 3.34. The maximum absolute atomic E-state index is 8.51. The molecule has 0 N–H and O–H groups in total. The zero-order valence-electron chi connectivity index (χ0n) is 6.50. The Morgan fingerprint density at radius 3 is 2.60 bits per heavy atom. The predicted molar refractivity (Wildman–Crippen MR) is 40.4 cm³/mol. The Kier molecular flexibility index (Phi) is 4.61. The van der Waals surface area contributed by atoms with Gasteiger partial charge in [-0.2, -0.15) is 5.26 Å². The first kappa shape index (κ1) is 9.19. The van der Waals surface area contributed by atoms with Crippen LogP contribution in [0, 0.1) is 17.2 Å². The minimum Gasteiger partial charge on any atom is -0.359 e. The number of rotatable bonds is 4. The molecule has 0 aliphatic carbocycles. The SMILES string of the molecule is C=CCOC(C#N)C(C)C. The van der Waals surface area contributed by atoms with Crippen molar-refractivity contribution >= 4 is 0 Å². The van der Waals surface area contributed by atoms with Gasteiger partial charge in [0.2, 0.25) is 0 Å². The fraction of sp³-hybridized carbons (Fsp3) is 0.625. The molecule has 0 saturated heterocycles. The van der Waals surface area contributed by atoms with Crippen LogP contribution >= 0.6 is 0 Å². The number of nitrogens with zero attached hydrogens (tertiary/aromatic N) is 1. The lowest BCUT2D eigenvalue weighted by atomic mass is 10.1. The van der Waals surface area contributed by atoms with Crippen LogP contribution in [0.5, 0.6) is 0 Å². The molecule has 1 atom stereocenters. The summed E-state index contributed by atoms with van der Waals surface area (Å²) in [5.74, 6) is 0.255. The maximum atomic E-state index is 8.51. The molecule has 10 heavy (non-hydrogen) atoms. The summed E-state index contributed by atoms with van der Waals surface area (Å²) in [5.41, 5.74) is 0. The summed E-state index contributed by atoms with van der Waals surface area (Å²) in [6.07, 6.45) is 1.35. The van der Waals surface area contributed by atoms with E-state index in [0.29, 0.717) is 6.61 Å². The fourth-order valence-corrected chi connectivity index (χ4v) is 0.550. The van der Waals surface area contributed by atoms with Crippen molar-refractivity contribution in [2.24, 2.45) is 5.92 Å². The summed E-state index contributed by atoms with van der Waals surface area (Å²) in [6.45, 7) is 7.86. The number of nitriles is 1. The van der Waals surface area contributed by atoms with Crippen LogP contribution < -0.4 is 0 Å². The lowest BCUT2D eigenvalue weighted by Gasteiger charge is -2.11. The number of hydrogen-bond donors (Lipinski definition) is 0. The van der Waals surface area contributed by atoms with E-state index in [-0.39, 0.29) is 12.0 Å². The smallest absolute Gasteiger partial charge is 0.146 e. The van der Waals surface area contributed by atoms with Crippen molar-refractivity contribution in [2.45, 2.75) is 20.0 Å². The summed E-state index contributed by atoms with van der Waals surface area (Å²) < 4.78 is 5.12. The molecule has 2 nitrogen and oxygen atoms in total. The molecular formula is C8H13NO. The summed E-state index contributed by atoms with van der Waals surface area (Å²) in [5, 5.41) is 8.51. The van der Waals surface area contributed by atoms with Gasteiger partial charge < -0.3 is 4.74 Å². The highest BCUT2D eigenvalue weighted by Gasteiger charge is 2.10. The highest BCUT2D eigenvalue weighted by molar-refractivity contribution is 4.87. The van der Waals surface area contributed by atoms with E-state index in [1.807, 2.05) is 13.8 Å². The molecule has 0 aromatic heterocycles. The normalized spacial score (nSPS) is 12.6. The Bertz CT molecular complexity index is 135. The molecule has 2 heteroatoms. The number of ether oxygens (including phenoxy) is 1. The lowest BCUT2D eigenvalue weighted by molar-refractivity contribution is 0.0814. The van der Waals surface area contributed by atoms with Gasteiger partial charge in [-0.15, -0.1) is 6.58 Å². The van der Waals surface area contributed by atoms with E-state index in [1.54, 1.807) is 6.08 Å². The molecule has 1 unspecified atom stereocenters. The van der Waals surface area contributed by atoms with Gasteiger partial charge in [0.25, 0.3) is 0 Å². The van der Waals surface area contributed by atoms with Crippen LogP contribution in [0.15, 0.2) is 12.7 Å². The lowest BCUT2D eigenvalue weighted by Crippen LogP contribution is -2.17. The number of hydrogen-bond acceptors (Lipinski definition) is 2. The maximum Gasteiger partial charge on any atom is 0.146 e. The molecule has 0 heterocycles. The van der Waals surface area contributed by atoms with Crippen LogP contribution in [0.4, 0.5) is 0 Å². The predicted octanol–water partition coefficient (Wildman–Crippen LogP) is 1.74. The topological polar surface area (TPSA) is 33.0 Å². The van der Waals surface area contributed by atoms with Crippen LogP contribution in [0.2, 0.25) is 0 Å².